The zero-order valence-electron chi connectivity index (χ0n) is 17.4. The molecular weight excluding hydrogens is 382 g/mol. The van der Waals surface area contributed by atoms with Gasteiger partial charge in [-0.15, -0.1) is 0 Å². The average molecular weight is 412 g/mol. The van der Waals surface area contributed by atoms with Gasteiger partial charge in [0.05, 0.1) is 5.41 Å². The number of esters is 1. The van der Waals surface area contributed by atoms with Crippen molar-refractivity contribution < 1.29 is 14.3 Å². The maximum Gasteiger partial charge on any atom is 0.325 e. The van der Waals surface area contributed by atoms with Gasteiger partial charge in [0.2, 0.25) is 5.91 Å². The Labute approximate surface area is 177 Å². The van der Waals surface area contributed by atoms with Gasteiger partial charge in [0.25, 0.3) is 0 Å². The van der Waals surface area contributed by atoms with Crippen LogP contribution in [0.4, 0.5) is 0 Å². The third-order valence-corrected chi connectivity index (χ3v) is 6.64. The van der Waals surface area contributed by atoms with E-state index in [0.717, 1.165) is 11.3 Å². The first-order valence-corrected chi connectivity index (χ1v) is 10.9. The molecule has 0 fully saturated rings. The number of carbonyl (C=O) groups excluding carboxylic acids is 2. The van der Waals surface area contributed by atoms with Crippen LogP contribution in [0.25, 0.3) is 0 Å². The molecule has 0 saturated heterocycles. The lowest BCUT2D eigenvalue weighted by Crippen LogP contribution is -2.46. The molecule has 154 valence electrons. The van der Waals surface area contributed by atoms with Gasteiger partial charge in [0, 0.05) is 10.5 Å². The summed E-state index contributed by atoms with van der Waals surface area (Å²) in [5.41, 5.74) is 2.85. The molecule has 2 aromatic rings. The molecule has 2 aromatic carbocycles. The monoisotopic (exact) mass is 411 g/mol. The van der Waals surface area contributed by atoms with Crippen LogP contribution in [0, 0.1) is 5.41 Å². The molecule has 1 aliphatic rings. The Balaban J connectivity index is 1.60. The maximum absolute atomic E-state index is 13.2. The van der Waals surface area contributed by atoms with Gasteiger partial charge >= 0.3 is 5.97 Å². The Morgan fingerprint density at radius 1 is 1.00 bits per heavy atom. The predicted octanol–water partition coefficient (Wildman–Crippen LogP) is 4.16. The normalized spacial score (nSPS) is 14.9. The van der Waals surface area contributed by atoms with Crippen molar-refractivity contribution in [3.63, 3.8) is 0 Å². The summed E-state index contributed by atoms with van der Waals surface area (Å²) in [6.07, 6.45) is 1.41. The molecule has 0 atom stereocenters. The molecule has 4 nitrogen and oxygen atoms in total. The van der Waals surface area contributed by atoms with Crippen LogP contribution in [-0.4, -0.2) is 28.9 Å². The Morgan fingerprint density at radius 2 is 1.59 bits per heavy atom. The average Bonchev–Trinajstić information content (AvgIpc) is 3.09. The summed E-state index contributed by atoms with van der Waals surface area (Å²) < 4.78 is 5.36. The van der Waals surface area contributed by atoms with Crippen LogP contribution < -0.4 is 5.32 Å². The quantitative estimate of drug-likeness (QED) is 0.695. The second-order valence-electron chi connectivity index (χ2n) is 8.63. The molecular formula is C24H29NO3S. The smallest absolute Gasteiger partial charge is 0.325 e. The summed E-state index contributed by atoms with van der Waals surface area (Å²) in [5.74, 6) is 0.231. The number of amides is 1. The summed E-state index contributed by atoms with van der Waals surface area (Å²) in [4.78, 5) is 25.3. The number of rotatable bonds is 7. The molecule has 1 aliphatic carbocycles. The fourth-order valence-corrected chi connectivity index (χ4v) is 4.55. The van der Waals surface area contributed by atoms with Crippen LogP contribution in [-0.2, 0) is 33.8 Å². The van der Waals surface area contributed by atoms with Crippen molar-refractivity contribution in [3.8, 4) is 0 Å². The number of hydrogen-bond donors (Lipinski definition) is 1. The molecule has 0 aromatic heterocycles. The second-order valence-corrected chi connectivity index (χ2v) is 10.4. The number of hydrogen-bond acceptors (Lipinski definition) is 4. The van der Waals surface area contributed by atoms with Crippen molar-refractivity contribution in [2.45, 2.75) is 45.0 Å². The highest BCUT2D eigenvalue weighted by Crippen LogP contribution is 2.42. The van der Waals surface area contributed by atoms with Crippen molar-refractivity contribution >= 4 is 23.6 Å². The topological polar surface area (TPSA) is 55.4 Å². The van der Waals surface area contributed by atoms with Crippen LogP contribution >= 0.6 is 11.8 Å². The van der Waals surface area contributed by atoms with Gasteiger partial charge in [0.15, 0.2) is 0 Å². The van der Waals surface area contributed by atoms with E-state index in [1.54, 1.807) is 11.8 Å². The highest BCUT2D eigenvalue weighted by Gasteiger charge is 2.44. The molecule has 0 bridgehead atoms. The van der Waals surface area contributed by atoms with Gasteiger partial charge in [-0.05, 0) is 29.5 Å². The first-order chi connectivity index (χ1) is 13.8. The summed E-state index contributed by atoms with van der Waals surface area (Å²) in [6, 6.07) is 17.8. The first-order valence-electron chi connectivity index (χ1n) is 9.96. The standard InChI is InChI=1S/C24H29NO3S/c1-23(2,3)29-17-24(13-19-11-7-8-12-20(19)14-24)22(27)25-15-21(26)28-16-18-9-5-4-6-10-18/h4-12H,13-17H2,1-3H3,(H,25,27). The zero-order valence-corrected chi connectivity index (χ0v) is 18.2. The molecule has 0 radical (unpaired) electrons. The van der Waals surface area contributed by atoms with Crippen LogP contribution in [0.1, 0.15) is 37.5 Å². The second kappa shape index (κ2) is 9.04. The van der Waals surface area contributed by atoms with Gasteiger partial charge in [-0.2, -0.15) is 11.8 Å². The van der Waals surface area contributed by atoms with Crippen molar-refractivity contribution in [1.82, 2.24) is 5.32 Å². The van der Waals surface area contributed by atoms with Gasteiger partial charge in [-0.1, -0.05) is 75.4 Å². The number of thioether (sulfide) groups is 1. The molecule has 0 heterocycles. The third-order valence-electron chi connectivity index (χ3n) is 5.08. The highest BCUT2D eigenvalue weighted by molar-refractivity contribution is 8.00. The van der Waals surface area contributed by atoms with E-state index in [2.05, 4.69) is 38.2 Å². The number of ether oxygens (including phenoxy) is 1. The Kier molecular flexibility index (Phi) is 6.68. The fourth-order valence-electron chi connectivity index (χ4n) is 3.51. The molecule has 5 heteroatoms. The van der Waals surface area contributed by atoms with E-state index in [1.165, 1.54) is 11.1 Å². The van der Waals surface area contributed by atoms with Gasteiger partial charge in [0.1, 0.15) is 13.2 Å². The molecule has 3 rings (SSSR count). The third kappa shape index (κ3) is 5.86. The number of fused-ring (bicyclic) bond motifs is 1. The minimum Gasteiger partial charge on any atom is -0.460 e. The Hall–Kier alpha value is -2.27. The van der Waals surface area contributed by atoms with Crippen LogP contribution in [0.3, 0.4) is 0 Å². The van der Waals surface area contributed by atoms with Crippen LogP contribution in [0.2, 0.25) is 0 Å². The van der Waals surface area contributed by atoms with Gasteiger partial charge in [-0.25, -0.2) is 0 Å². The minimum absolute atomic E-state index is 0.0661. The predicted molar refractivity (Wildman–Crippen MR) is 118 cm³/mol. The van der Waals surface area contributed by atoms with Crippen molar-refractivity contribution in [1.29, 1.82) is 0 Å². The largest absolute Gasteiger partial charge is 0.460 e. The van der Waals surface area contributed by atoms with Gasteiger partial charge < -0.3 is 10.1 Å². The van der Waals surface area contributed by atoms with E-state index in [4.69, 9.17) is 4.74 Å². The van der Waals surface area contributed by atoms with Crippen molar-refractivity contribution in [2.24, 2.45) is 5.41 Å². The van der Waals surface area contributed by atoms with E-state index < -0.39 is 11.4 Å². The van der Waals surface area contributed by atoms with E-state index in [9.17, 15) is 9.59 Å². The minimum atomic E-state index is -0.526. The van der Waals surface area contributed by atoms with E-state index in [-0.39, 0.29) is 23.8 Å². The number of carbonyl (C=O) groups is 2. The van der Waals surface area contributed by atoms with E-state index in [1.807, 2.05) is 42.5 Å². The summed E-state index contributed by atoms with van der Waals surface area (Å²) >= 11 is 1.79. The van der Waals surface area contributed by atoms with Crippen LogP contribution in [0.5, 0.6) is 0 Å². The Bertz CT molecular complexity index is 833. The number of nitrogens with one attached hydrogen (secondary N) is 1. The summed E-state index contributed by atoms with van der Waals surface area (Å²) in [5, 5.41) is 2.85. The molecule has 0 aliphatic heterocycles. The van der Waals surface area contributed by atoms with E-state index in [0.29, 0.717) is 12.8 Å². The highest BCUT2D eigenvalue weighted by atomic mass is 32.2. The molecule has 0 unspecified atom stereocenters. The summed E-state index contributed by atoms with van der Waals surface area (Å²) in [7, 11) is 0. The fraction of sp³-hybridized carbons (Fsp3) is 0.417. The van der Waals surface area contributed by atoms with E-state index >= 15 is 0 Å². The molecule has 1 amide bonds. The summed E-state index contributed by atoms with van der Waals surface area (Å²) in [6.45, 7) is 6.58. The van der Waals surface area contributed by atoms with Gasteiger partial charge in [-0.3, -0.25) is 9.59 Å². The lowest BCUT2D eigenvalue weighted by atomic mass is 9.86. The number of benzene rings is 2. The molecule has 0 spiro atoms. The van der Waals surface area contributed by atoms with Crippen molar-refractivity contribution in [3.05, 3.63) is 71.3 Å². The SMILES string of the molecule is CC(C)(C)SCC1(C(=O)NCC(=O)OCc2ccccc2)Cc2ccccc2C1. The maximum atomic E-state index is 13.2. The Morgan fingerprint density at radius 3 is 2.17 bits per heavy atom. The van der Waals surface area contributed by atoms with Crippen LogP contribution in [0.15, 0.2) is 54.6 Å². The molecule has 0 saturated carbocycles. The van der Waals surface area contributed by atoms with Crippen molar-refractivity contribution in [2.75, 3.05) is 12.3 Å². The lowest BCUT2D eigenvalue weighted by molar-refractivity contribution is -0.146. The first kappa shape index (κ1) is 21.4. The molecule has 1 N–H and O–H groups in total. The molecule has 29 heavy (non-hydrogen) atoms. The zero-order chi connectivity index (χ0) is 20.9. The lowest BCUT2D eigenvalue weighted by Gasteiger charge is -2.30.